The number of methoxy groups -OCH3 is 1. The molecule has 7 heteroatoms. The number of halogens is 1. The predicted octanol–water partition coefficient (Wildman–Crippen LogP) is 5.57. The number of hydrogen-bond acceptors (Lipinski definition) is 5. The Labute approximate surface area is 176 Å². The van der Waals surface area contributed by atoms with Gasteiger partial charge in [-0.15, -0.1) is 0 Å². The number of benzene rings is 2. The van der Waals surface area contributed by atoms with Crippen LogP contribution in [0, 0.1) is 0 Å². The third-order valence-corrected chi connectivity index (χ3v) is 4.70. The minimum absolute atomic E-state index is 0.0113. The first-order chi connectivity index (χ1) is 14.6. The fourth-order valence-corrected chi connectivity index (χ4v) is 3.23. The number of carbonyl (C=O) groups excluding carboxylic acids is 2. The third kappa shape index (κ3) is 3.86. The zero-order valence-electron chi connectivity index (χ0n) is 15.8. The Kier molecular flexibility index (Phi) is 5.41. The van der Waals surface area contributed by atoms with Crippen LogP contribution in [0.3, 0.4) is 0 Å². The van der Waals surface area contributed by atoms with Crippen LogP contribution < -0.4 is 10.1 Å². The first-order valence-electron chi connectivity index (χ1n) is 8.99. The number of furan rings is 2. The summed E-state index contributed by atoms with van der Waals surface area (Å²) in [4.78, 5) is 25.6. The van der Waals surface area contributed by atoms with E-state index in [0.29, 0.717) is 33.1 Å². The summed E-state index contributed by atoms with van der Waals surface area (Å²) in [7, 11) is 1.49. The molecule has 150 valence electrons. The van der Waals surface area contributed by atoms with Crippen LogP contribution in [0.4, 0.5) is 5.69 Å². The number of para-hydroxylation sites is 1. The Hall–Kier alpha value is -3.77. The summed E-state index contributed by atoms with van der Waals surface area (Å²) in [6.45, 7) is 0. The first kappa shape index (κ1) is 19.5. The lowest BCUT2D eigenvalue weighted by Gasteiger charge is -2.06. The second-order valence-corrected chi connectivity index (χ2v) is 6.73. The minimum atomic E-state index is -0.431. The number of nitrogens with one attached hydrogen (secondary N) is 1. The summed E-state index contributed by atoms with van der Waals surface area (Å²) in [6, 6.07) is 15.2. The molecule has 0 atom stereocenters. The van der Waals surface area contributed by atoms with Gasteiger partial charge in [-0.25, -0.2) is 0 Å². The quantitative estimate of drug-likeness (QED) is 0.325. The highest BCUT2D eigenvalue weighted by atomic mass is 35.5. The van der Waals surface area contributed by atoms with Crippen molar-refractivity contribution in [2.75, 3.05) is 12.4 Å². The van der Waals surface area contributed by atoms with Gasteiger partial charge in [0.1, 0.15) is 17.1 Å². The standard InChI is InChI=1S/C23H16ClNO5/c1-28-19-10-8-14(13-17(19)24)22(27)23-21(16-6-2-3-7-18(16)30-23)25-20(26)11-9-15-5-4-12-29-15/h2-13H,1H3,(H,25,26)/b11-9+. The van der Waals surface area contributed by atoms with E-state index in [1.54, 1.807) is 48.5 Å². The van der Waals surface area contributed by atoms with Crippen LogP contribution in [0.2, 0.25) is 5.02 Å². The zero-order valence-corrected chi connectivity index (χ0v) is 16.6. The number of anilines is 1. The van der Waals surface area contributed by atoms with E-state index in [1.807, 2.05) is 0 Å². The maximum atomic E-state index is 13.1. The molecule has 1 amide bonds. The second-order valence-electron chi connectivity index (χ2n) is 6.32. The maximum Gasteiger partial charge on any atom is 0.248 e. The van der Waals surface area contributed by atoms with E-state index >= 15 is 0 Å². The van der Waals surface area contributed by atoms with E-state index in [4.69, 9.17) is 25.2 Å². The molecule has 6 nitrogen and oxygen atoms in total. The van der Waals surface area contributed by atoms with Gasteiger partial charge in [0, 0.05) is 17.0 Å². The molecule has 0 fully saturated rings. The summed E-state index contributed by atoms with van der Waals surface area (Å²) >= 11 is 6.16. The van der Waals surface area contributed by atoms with Crippen molar-refractivity contribution in [1.82, 2.24) is 0 Å². The molecule has 4 rings (SSSR count). The van der Waals surface area contributed by atoms with Gasteiger partial charge in [-0.2, -0.15) is 0 Å². The topological polar surface area (TPSA) is 81.7 Å². The van der Waals surface area contributed by atoms with Gasteiger partial charge in [-0.3, -0.25) is 9.59 Å². The van der Waals surface area contributed by atoms with E-state index in [2.05, 4.69) is 5.32 Å². The number of ether oxygens (including phenoxy) is 1. The van der Waals surface area contributed by atoms with Crippen molar-refractivity contribution in [3.8, 4) is 5.75 Å². The molecule has 1 N–H and O–H groups in total. The lowest BCUT2D eigenvalue weighted by molar-refractivity contribution is -0.111. The highest BCUT2D eigenvalue weighted by Gasteiger charge is 2.23. The van der Waals surface area contributed by atoms with Gasteiger partial charge in [0.15, 0.2) is 5.76 Å². The van der Waals surface area contributed by atoms with Crippen molar-refractivity contribution in [2.45, 2.75) is 0 Å². The molecule has 0 aliphatic heterocycles. The molecule has 4 aromatic rings. The Bertz CT molecular complexity index is 1250. The number of rotatable bonds is 6. The smallest absolute Gasteiger partial charge is 0.248 e. The summed E-state index contributed by atoms with van der Waals surface area (Å²) in [5.74, 6) is 0.152. The van der Waals surface area contributed by atoms with E-state index in [-0.39, 0.29) is 11.4 Å². The van der Waals surface area contributed by atoms with Gasteiger partial charge in [-0.05, 0) is 48.5 Å². The number of fused-ring (bicyclic) bond motifs is 1. The molecule has 0 saturated heterocycles. The van der Waals surface area contributed by atoms with Gasteiger partial charge < -0.3 is 18.9 Å². The van der Waals surface area contributed by atoms with Crippen LogP contribution >= 0.6 is 11.6 Å². The number of ketones is 1. The predicted molar refractivity (Wildman–Crippen MR) is 114 cm³/mol. The molecule has 30 heavy (non-hydrogen) atoms. The molecule has 0 radical (unpaired) electrons. The Morgan fingerprint density at radius 2 is 1.93 bits per heavy atom. The zero-order chi connectivity index (χ0) is 21.1. The van der Waals surface area contributed by atoms with Crippen LogP contribution in [0.25, 0.3) is 17.0 Å². The minimum Gasteiger partial charge on any atom is -0.495 e. The third-order valence-electron chi connectivity index (χ3n) is 4.41. The van der Waals surface area contributed by atoms with Gasteiger partial charge >= 0.3 is 0 Å². The molecule has 0 aliphatic carbocycles. The van der Waals surface area contributed by atoms with Crippen LogP contribution in [0.1, 0.15) is 21.9 Å². The van der Waals surface area contributed by atoms with E-state index in [1.165, 1.54) is 31.6 Å². The first-order valence-corrected chi connectivity index (χ1v) is 9.37. The molecule has 2 aromatic carbocycles. The number of carbonyl (C=O) groups is 2. The van der Waals surface area contributed by atoms with E-state index < -0.39 is 11.7 Å². The maximum absolute atomic E-state index is 13.1. The summed E-state index contributed by atoms with van der Waals surface area (Å²) in [5.41, 5.74) is 1.07. The molecule has 0 aliphatic rings. The van der Waals surface area contributed by atoms with Crippen molar-refractivity contribution in [2.24, 2.45) is 0 Å². The van der Waals surface area contributed by atoms with Crippen molar-refractivity contribution >= 4 is 46.0 Å². The Morgan fingerprint density at radius 1 is 1.10 bits per heavy atom. The number of hydrogen-bond donors (Lipinski definition) is 1. The SMILES string of the molecule is COc1ccc(C(=O)c2oc3ccccc3c2NC(=O)/C=C/c2ccco2)cc1Cl. The molecular formula is C23H16ClNO5. The Balaban J connectivity index is 1.70. The van der Waals surface area contributed by atoms with Crippen molar-refractivity contribution in [1.29, 1.82) is 0 Å². The van der Waals surface area contributed by atoms with Crippen molar-refractivity contribution < 1.29 is 23.2 Å². The summed E-state index contributed by atoms with van der Waals surface area (Å²) in [5, 5.41) is 3.65. The normalized spacial score (nSPS) is 11.1. The van der Waals surface area contributed by atoms with Crippen LogP contribution in [0.5, 0.6) is 5.75 Å². The highest BCUT2D eigenvalue weighted by Crippen LogP contribution is 2.34. The van der Waals surface area contributed by atoms with E-state index in [0.717, 1.165) is 0 Å². The fourth-order valence-electron chi connectivity index (χ4n) is 2.98. The van der Waals surface area contributed by atoms with E-state index in [9.17, 15) is 9.59 Å². The average Bonchev–Trinajstić information content (AvgIpc) is 3.40. The molecule has 0 bridgehead atoms. The van der Waals surface area contributed by atoms with Crippen molar-refractivity contribution in [3.05, 3.63) is 89.0 Å². The molecule has 0 unspecified atom stereocenters. The molecule has 2 heterocycles. The monoisotopic (exact) mass is 421 g/mol. The highest BCUT2D eigenvalue weighted by molar-refractivity contribution is 6.32. The lowest BCUT2D eigenvalue weighted by Crippen LogP contribution is -2.11. The van der Waals surface area contributed by atoms with Crippen LogP contribution in [0.15, 0.2) is 75.8 Å². The summed E-state index contributed by atoms with van der Waals surface area (Å²) in [6.07, 6.45) is 4.36. The van der Waals surface area contributed by atoms with Gasteiger partial charge in [-0.1, -0.05) is 23.7 Å². The molecular weight excluding hydrogens is 406 g/mol. The Morgan fingerprint density at radius 3 is 2.67 bits per heavy atom. The van der Waals surface area contributed by atoms with Gasteiger partial charge in [0.2, 0.25) is 11.7 Å². The second kappa shape index (κ2) is 8.31. The van der Waals surface area contributed by atoms with Gasteiger partial charge in [0.05, 0.1) is 24.1 Å². The van der Waals surface area contributed by atoms with Crippen LogP contribution in [-0.4, -0.2) is 18.8 Å². The molecule has 0 saturated carbocycles. The molecule has 0 spiro atoms. The van der Waals surface area contributed by atoms with Crippen molar-refractivity contribution in [3.63, 3.8) is 0 Å². The van der Waals surface area contributed by atoms with Crippen LogP contribution in [-0.2, 0) is 4.79 Å². The summed E-state index contributed by atoms with van der Waals surface area (Å²) < 4.78 is 16.1. The van der Waals surface area contributed by atoms with Gasteiger partial charge in [0.25, 0.3) is 0 Å². The average molecular weight is 422 g/mol. The lowest BCUT2D eigenvalue weighted by atomic mass is 10.1. The molecule has 2 aromatic heterocycles. The fraction of sp³-hybridized carbons (Fsp3) is 0.0435. The number of amides is 1. The largest absolute Gasteiger partial charge is 0.495 e.